The van der Waals surface area contributed by atoms with E-state index < -0.39 is 10.1 Å². The molecule has 0 aromatic carbocycles. The summed E-state index contributed by atoms with van der Waals surface area (Å²) >= 11 is 3.48. The van der Waals surface area contributed by atoms with Crippen molar-refractivity contribution in [1.29, 1.82) is 0 Å². The van der Waals surface area contributed by atoms with Gasteiger partial charge in [0, 0.05) is 0 Å². The van der Waals surface area contributed by atoms with E-state index in [0.717, 1.165) is 6.42 Å². The molecule has 1 unspecified atom stereocenters. The quantitative estimate of drug-likeness (QED) is 0.466. The summed E-state index contributed by atoms with van der Waals surface area (Å²) in [4.78, 5) is 0. The number of rotatable bonds is 3. The first kappa shape index (κ1) is 7.46. The Kier molecular flexibility index (Phi) is 4.92. The van der Waals surface area contributed by atoms with Crippen LogP contribution < -0.4 is 0 Å². The van der Waals surface area contributed by atoms with E-state index in [0.29, 0.717) is 6.61 Å². The molecule has 0 aliphatic carbocycles. The van der Waals surface area contributed by atoms with Crippen molar-refractivity contribution < 1.29 is 8.39 Å². The van der Waals surface area contributed by atoms with Crippen molar-refractivity contribution >= 4 is 21.8 Å². The van der Waals surface area contributed by atoms with Gasteiger partial charge in [-0.15, -0.1) is 0 Å². The summed E-state index contributed by atoms with van der Waals surface area (Å²) in [5.41, 5.74) is 0. The van der Waals surface area contributed by atoms with Gasteiger partial charge in [0.1, 0.15) is 0 Å². The second-order valence-electron chi connectivity index (χ2n) is 1.04. The minimum Gasteiger partial charge on any atom is -0.282 e. The maximum Gasteiger partial charge on any atom is 0.215 e. The molecule has 2 nitrogen and oxygen atoms in total. The topological polar surface area (TPSA) is 26.3 Å². The first-order chi connectivity index (χ1) is 3.27. The standard InChI is InChI=1S/C3H8O2S2/c1-2-3-5-7(4)6/h2-3H2,1H3,(H,4,6). The van der Waals surface area contributed by atoms with Crippen LogP contribution in [-0.2, 0) is 14.3 Å². The normalized spacial score (nSPS) is 14.0. The van der Waals surface area contributed by atoms with Gasteiger partial charge in [0.2, 0.25) is 10.1 Å². The minimum atomic E-state index is -1.37. The molecule has 0 aliphatic heterocycles. The summed E-state index contributed by atoms with van der Waals surface area (Å²) < 4.78 is 14.5. The van der Waals surface area contributed by atoms with Crippen LogP contribution in [0.2, 0.25) is 0 Å². The van der Waals surface area contributed by atoms with Gasteiger partial charge in [0.15, 0.2) is 0 Å². The lowest BCUT2D eigenvalue weighted by atomic mass is 10.5. The molecule has 0 saturated carbocycles. The van der Waals surface area contributed by atoms with E-state index in [1.165, 1.54) is 0 Å². The minimum absolute atomic E-state index is 0.524. The Morgan fingerprint density at radius 1 is 1.86 bits per heavy atom. The molecule has 0 bridgehead atoms. The highest BCUT2D eigenvalue weighted by atomic mass is 33.1. The zero-order chi connectivity index (χ0) is 5.70. The van der Waals surface area contributed by atoms with Crippen molar-refractivity contribution in [3.8, 4) is 0 Å². The van der Waals surface area contributed by atoms with Gasteiger partial charge in [0.05, 0.1) is 6.61 Å². The lowest BCUT2D eigenvalue weighted by molar-refractivity contribution is 0.356. The lowest BCUT2D eigenvalue weighted by Gasteiger charge is -1.90. The van der Waals surface area contributed by atoms with Crippen LogP contribution in [-0.4, -0.2) is 10.8 Å². The Hall–Kier alpha value is 0.460. The summed E-state index contributed by atoms with van der Waals surface area (Å²) in [5, 5.41) is 0. The fourth-order valence-corrected chi connectivity index (χ4v) is 0.687. The van der Waals surface area contributed by atoms with Crippen LogP contribution in [0.25, 0.3) is 0 Å². The van der Waals surface area contributed by atoms with E-state index in [2.05, 4.69) is 15.8 Å². The van der Waals surface area contributed by atoms with Crippen molar-refractivity contribution in [2.75, 3.05) is 6.61 Å². The fraction of sp³-hybridized carbons (Fsp3) is 1.00. The molecule has 0 amide bonds. The summed E-state index contributed by atoms with van der Waals surface area (Å²) in [5.74, 6) is 0. The van der Waals surface area contributed by atoms with E-state index in [4.69, 9.17) is 0 Å². The Morgan fingerprint density at radius 2 is 2.43 bits per heavy atom. The van der Waals surface area contributed by atoms with Crippen molar-refractivity contribution in [1.82, 2.24) is 0 Å². The van der Waals surface area contributed by atoms with Crippen LogP contribution in [0, 0.1) is 0 Å². The van der Waals surface area contributed by atoms with E-state index in [-0.39, 0.29) is 0 Å². The van der Waals surface area contributed by atoms with Crippen molar-refractivity contribution in [3.05, 3.63) is 0 Å². The third-order valence-electron chi connectivity index (χ3n) is 0.388. The van der Waals surface area contributed by atoms with Gasteiger partial charge in [-0.1, -0.05) is 6.92 Å². The van der Waals surface area contributed by atoms with Gasteiger partial charge >= 0.3 is 0 Å². The second-order valence-corrected chi connectivity index (χ2v) is 2.60. The first-order valence-corrected chi connectivity index (χ1v) is 4.14. The SMILES string of the molecule is CCCOS(=O)S. The Labute approximate surface area is 50.7 Å². The molecule has 0 aromatic heterocycles. The maximum absolute atomic E-state index is 9.96. The number of hydrogen-bond acceptors (Lipinski definition) is 2. The molecule has 44 valence electrons. The molecule has 0 aromatic rings. The maximum atomic E-state index is 9.96. The van der Waals surface area contributed by atoms with Crippen LogP contribution in [0.15, 0.2) is 0 Å². The molecule has 0 aliphatic rings. The smallest absolute Gasteiger partial charge is 0.215 e. The van der Waals surface area contributed by atoms with E-state index in [9.17, 15) is 4.21 Å². The molecule has 4 heteroatoms. The molecule has 0 rings (SSSR count). The molecule has 0 fully saturated rings. The average molecular weight is 140 g/mol. The zero-order valence-corrected chi connectivity index (χ0v) is 5.80. The number of thiol groups is 1. The molecule has 1 atom stereocenters. The van der Waals surface area contributed by atoms with E-state index in [1.54, 1.807) is 0 Å². The van der Waals surface area contributed by atoms with Gasteiger partial charge in [0.25, 0.3) is 0 Å². The van der Waals surface area contributed by atoms with Crippen LogP contribution in [0.4, 0.5) is 0 Å². The summed E-state index contributed by atoms with van der Waals surface area (Å²) in [6, 6.07) is 0. The molecule has 0 radical (unpaired) electrons. The summed E-state index contributed by atoms with van der Waals surface area (Å²) in [6.45, 7) is 2.47. The zero-order valence-electron chi connectivity index (χ0n) is 4.09. The van der Waals surface area contributed by atoms with Crippen molar-refractivity contribution in [3.63, 3.8) is 0 Å². The van der Waals surface area contributed by atoms with Crippen LogP contribution in [0.3, 0.4) is 0 Å². The highest BCUT2D eigenvalue weighted by Gasteiger charge is 1.85. The van der Waals surface area contributed by atoms with Crippen LogP contribution in [0.5, 0.6) is 0 Å². The highest BCUT2D eigenvalue weighted by Crippen LogP contribution is 1.89. The van der Waals surface area contributed by atoms with E-state index in [1.807, 2.05) is 6.92 Å². The van der Waals surface area contributed by atoms with Gasteiger partial charge in [-0.25, -0.2) is 4.21 Å². The Morgan fingerprint density at radius 3 is 2.57 bits per heavy atom. The average Bonchev–Trinajstić information content (AvgIpc) is 1.61. The highest BCUT2D eigenvalue weighted by molar-refractivity contribution is 8.58. The van der Waals surface area contributed by atoms with Crippen LogP contribution >= 0.6 is 11.7 Å². The Balaban J connectivity index is 2.82. The molecule has 0 N–H and O–H groups in total. The van der Waals surface area contributed by atoms with Crippen molar-refractivity contribution in [2.45, 2.75) is 13.3 Å². The third kappa shape index (κ3) is 6.46. The lowest BCUT2D eigenvalue weighted by Crippen LogP contribution is -1.89. The molecule has 0 spiro atoms. The van der Waals surface area contributed by atoms with Gasteiger partial charge in [-0.2, -0.15) is 0 Å². The molecule has 0 heterocycles. The fourth-order valence-electron chi connectivity index (χ4n) is 0.155. The first-order valence-electron chi connectivity index (χ1n) is 2.01. The third-order valence-corrected chi connectivity index (χ3v) is 1.07. The van der Waals surface area contributed by atoms with Gasteiger partial charge in [-0.3, -0.25) is 4.18 Å². The van der Waals surface area contributed by atoms with Crippen molar-refractivity contribution in [2.24, 2.45) is 0 Å². The summed E-state index contributed by atoms with van der Waals surface area (Å²) in [7, 11) is -1.37. The van der Waals surface area contributed by atoms with Gasteiger partial charge < -0.3 is 0 Å². The Bertz CT molecular complexity index is 64.0. The molecule has 7 heavy (non-hydrogen) atoms. The molecular formula is C3H8O2S2. The van der Waals surface area contributed by atoms with E-state index >= 15 is 0 Å². The molecular weight excluding hydrogens is 132 g/mol. The number of hydrogen-bond donors (Lipinski definition) is 1. The largest absolute Gasteiger partial charge is 0.282 e. The summed E-state index contributed by atoms with van der Waals surface area (Å²) in [6.07, 6.45) is 0.881. The predicted octanol–water partition coefficient (Wildman–Crippen LogP) is 0.921. The molecule has 0 saturated heterocycles. The second kappa shape index (κ2) is 4.61. The van der Waals surface area contributed by atoms with Gasteiger partial charge in [-0.05, 0) is 18.1 Å². The predicted molar refractivity (Wildman–Crippen MR) is 33.4 cm³/mol. The van der Waals surface area contributed by atoms with Crippen LogP contribution in [0.1, 0.15) is 13.3 Å². The monoisotopic (exact) mass is 140 g/mol.